The molecule has 3 N–H and O–H groups in total. The number of nitrogens with zero attached hydrogens (tertiary/aromatic N) is 2. The molecular formula is C23H27N5O5S. The molecule has 1 aromatic heterocycles. The summed E-state index contributed by atoms with van der Waals surface area (Å²) >= 11 is 0. The fraction of sp³-hybridized carbons (Fsp3) is 0.261. The Morgan fingerprint density at radius 3 is 2.41 bits per heavy atom. The normalized spacial score (nSPS) is 11.6. The monoisotopic (exact) mass is 485 g/mol. The molecule has 2 aromatic carbocycles. The molecule has 3 aromatic rings. The summed E-state index contributed by atoms with van der Waals surface area (Å²) in [6.45, 7) is 5.23. The topological polar surface area (TPSA) is 131 Å². The molecular weight excluding hydrogens is 458 g/mol. The highest BCUT2D eigenvalue weighted by atomic mass is 32.2. The summed E-state index contributed by atoms with van der Waals surface area (Å²) in [5.41, 5.74) is 0.907. The van der Waals surface area contributed by atoms with Crippen LogP contribution in [0, 0.1) is 0 Å². The van der Waals surface area contributed by atoms with Crippen molar-refractivity contribution in [2.24, 2.45) is 0 Å². The van der Waals surface area contributed by atoms with Crippen LogP contribution in [0.15, 0.2) is 71.9 Å². The highest BCUT2D eigenvalue weighted by Crippen LogP contribution is 2.17. The number of rotatable bonds is 8. The zero-order valence-corrected chi connectivity index (χ0v) is 19.9. The molecule has 0 aliphatic rings. The number of amides is 2. The summed E-state index contributed by atoms with van der Waals surface area (Å²) in [6, 6.07) is 14.5. The maximum Gasteiger partial charge on any atom is 0.407 e. The van der Waals surface area contributed by atoms with E-state index in [-0.39, 0.29) is 23.9 Å². The molecule has 0 saturated carbocycles. The van der Waals surface area contributed by atoms with Gasteiger partial charge in [0.2, 0.25) is 10.0 Å². The first-order valence-corrected chi connectivity index (χ1v) is 12.0. The third-order valence-electron chi connectivity index (χ3n) is 4.39. The number of hydrogen-bond acceptors (Lipinski definition) is 6. The van der Waals surface area contributed by atoms with Crippen molar-refractivity contribution in [2.75, 3.05) is 18.4 Å². The van der Waals surface area contributed by atoms with Gasteiger partial charge >= 0.3 is 6.09 Å². The van der Waals surface area contributed by atoms with E-state index in [1.807, 2.05) is 0 Å². The zero-order chi connectivity index (χ0) is 24.8. The molecule has 34 heavy (non-hydrogen) atoms. The Labute approximate surface area is 198 Å². The van der Waals surface area contributed by atoms with Crippen LogP contribution in [0.25, 0.3) is 5.69 Å². The minimum absolute atomic E-state index is 0.0170. The van der Waals surface area contributed by atoms with Crippen molar-refractivity contribution in [1.82, 2.24) is 19.8 Å². The van der Waals surface area contributed by atoms with Gasteiger partial charge in [0.25, 0.3) is 5.91 Å². The van der Waals surface area contributed by atoms with Crippen LogP contribution in [0.2, 0.25) is 0 Å². The van der Waals surface area contributed by atoms with Gasteiger partial charge in [-0.05, 0) is 69.3 Å². The third-order valence-corrected chi connectivity index (χ3v) is 5.84. The molecule has 3 rings (SSSR count). The maximum atomic E-state index is 12.6. The highest BCUT2D eigenvalue weighted by Gasteiger charge is 2.17. The quantitative estimate of drug-likeness (QED) is 0.421. The summed E-state index contributed by atoms with van der Waals surface area (Å²) in [5.74, 6) is -0.379. The molecule has 0 aliphatic carbocycles. The lowest BCUT2D eigenvalue weighted by Gasteiger charge is -2.19. The molecule has 1 heterocycles. The van der Waals surface area contributed by atoms with Crippen LogP contribution in [-0.4, -0.2) is 48.9 Å². The van der Waals surface area contributed by atoms with Gasteiger partial charge < -0.3 is 15.4 Å². The van der Waals surface area contributed by atoms with Crippen molar-refractivity contribution in [2.45, 2.75) is 31.3 Å². The number of sulfonamides is 1. The number of alkyl carbamates (subject to hydrolysis) is 1. The fourth-order valence-electron chi connectivity index (χ4n) is 2.88. The first-order chi connectivity index (χ1) is 16.0. The molecule has 0 radical (unpaired) electrons. The van der Waals surface area contributed by atoms with Crippen molar-refractivity contribution >= 4 is 27.7 Å². The third kappa shape index (κ3) is 7.15. The molecule has 0 fully saturated rings. The average molecular weight is 486 g/mol. The number of carbonyl (C=O) groups is 2. The van der Waals surface area contributed by atoms with E-state index < -0.39 is 21.7 Å². The van der Waals surface area contributed by atoms with Gasteiger partial charge in [-0.1, -0.05) is 6.07 Å². The summed E-state index contributed by atoms with van der Waals surface area (Å²) in [6.07, 6.45) is 2.82. The summed E-state index contributed by atoms with van der Waals surface area (Å²) < 4.78 is 34.4. The van der Waals surface area contributed by atoms with Gasteiger partial charge in [-0.15, -0.1) is 0 Å². The lowest BCUT2D eigenvalue weighted by atomic mass is 10.2. The molecule has 10 nitrogen and oxygen atoms in total. The molecule has 0 bridgehead atoms. The van der Waals surface area contributed by atoms with Crippen molar-refractivity contribution in [1.29, 1.82) is 0 Å². The average Bonchev–Trinajstić information content (AvgIpc) is 3.31. The van der Waals surface area contributed by atoms with Crippen molar-refractivity contribution in [3.63, 3.8) is 0 Å². The Kier molecular flexibility index (Phi) is 7.69. The zero-order valence-electron chi connectivity index (χ0n) is 19.1. The number of benzene rings is 2. The van der Waals surface area contributed by atoms with Gasteiger partial charge in [0.05, 0.1) is 10.6 Å². The van der Waals surface area contributed by atoms with E-state index in [2.05, 4.69) is 20.5 Å². The Morgan fingerprint density at radius 1 is 1.03 bits per heavy atom. The second kappa shape index (κ2) is 10.5. The molecule has 180 valence electrons. The summed E-state index contributed by atoms with van der Waals surface area (Å²) in [4.78, 5) is 24.2. The molecule has 0 unspecified atom stereocenters. The van der Waals surface area contributed by atoms with E-state index in [9.17, 15) is 18.0 Å². The molecule has 0 saturated heterocycles. The van der Waals surface area contributed by atoms with Gasteiger partial charge in [0.1, 0.15) is 5.60 Å². The Morgan fingerprint density at radius 2 is 1.76 bits per heavy atom. The SMILES string of the molecule is CC(C)(C)OC(=O)NCCNS(=O)(=O)c1cccc(NC(=O)c2ccc(-n3cccn3)cc2)c1. The second-order valence-corrected chi connectivity index (χ2v) is 10.1. The van der Waals surface area contributed by atoms with Crippen molar-refractivity contribution < 1.29 is 22.7 Å². The molecule has 0 aliphatic heterocycles. The number of carbonyl (C=O) groups excluding carboxylic acids is 2. The minimum Gasteiger partial charge on any atom is -0.444 e. The van der Waals surface area contributed by atoms with Crippen molar-refractivity contribution in [3.8, 4) is 5.69 Å². The van der Waals surface area contributed by atoms with E-state index >= 15 is 0 Å². The van der Waals surface area contributed by atoms with Crippen LogP contribution >= 0.6 is 0 Å². The largest absolute Gasteiger partial charge is 0.444 e. The molecule has 0 atom stereocenters. The summed E-state index contributed by atoms with van der Waals surface area (Å²) in [7, 11) is -3.85. The minimum atomic E-state index is -3.85. The van der Waals surface area contributed by atoms with Gasteiger partial charge in [-0.25, -0.2) is 22.6 Å². The Bertz CT molecular complexity index is 1230. The van der Waals surface area contributed by atoms with Crippen LogP contribution in [0.3, 0.4) is 0 Å². The second-order valence-electron chi connectivity index (χ2n) is 8.31. The molecule has 2 amide bonds. The standard InChI is InChI=1S/C23H27N5O5S/c1-23(2,3)33-22(30)24-13-14-26-34(31,32)20-7-4-6-18(16-20)27-21(29)17-8-10-19(11-9-17)28-15-5-12-25-28/h4-12,15-16,26H,13-14H2,1-3H3,(H,24,30)(H,27,29). The lowest BCUT2D eigenvalue weighted by molar-refractivity contribution is 0.0528. The van der Waals surface area contributed by atoms with E-state index in [0.717, 1.165) is 5.69 Å². The van der Waals surface area contributed by atoms with E-state index in [0.29, 0.717) is 11.3 Å². The predicted octanol–water partition coefficient (Wildman–Crippen LogP) is 2.93. The van der Waals surface area contributed by atoms with Gasteiger partial charge in [-0.2, -0.15) is 5.10 Å². The van der Waals surface area contributed by atoms with E-state index in [1.54, 1.807) is 74.2 Å². The Hall–Kier alpha value is -3.70. The van der Waals surface area contributed by atoms with Crippen LogP contribution in [-0.2, 0) is 14.8 Å². The maximum absolute atomic E-state index is 12.6. The smallest absolute Gasteiger partial charge is 0.407 e. The Balaban J connectivity index is 1.57. The predicted molar refractivity (Wildman–Crippen MR) is 127 cm³/mol. The number of nitrogens with one attached hydrogen (secondary N) is 3. The van der Waals surface area contributed by atoms with Crippen LogP contribution in [0.5, 0.6) is 0 Å². The lowest BCUT2D eigenvalue weighted by Crippen LogP contribution is -2.37. The number of anilines is 1. The van der Waals surface area contributed by atoms with Gasteiger partial charge in [0, 0.05) is 36.7 Å². The number of ether oxygens (including phenoxy) is 1. The first-order valence-electron chi connectivity index (χ1n) is 10.5. The number of hydrogen-bond donors (Lipinski definition) is 3. The highest BCUT2D eigenvalue weighted by molar-refractivity contribution is 7.89. The number of aromatic nitrogens is 2. The first kappa shape index (κ1) is 24.9. The summed E-state index contributed by atoms with van der Waals surface area (Å²) in [5, 5.41) is 9.32. The van der Waals surface area contributed by atoms with Gasteiger partial charge in [-0.3, -0.25) is 4.79 Å². The van der Waals surface area contributed by atoms with E-state index in [4.69, 9.17) is 4.74 Å². The molecule has 0 spiro atoms. The van der Waals surface area contributed by atoms with Crippen LogP contribution in [0.4, 0.5) is 10.5 Å². The van der Waals surface area contributed by atoms with Crippen LogP contribution in [0.1, 0.15) is 31.1 Å². The fourth-order valence-corrected chi connectivity index (χ4v) is 3.96. The van der Waals surface area contributed by atoms with Crippen LogP contribution < -0.4 is 15.4 Å². The van der Waals surface area contributed by atoms with Gasteiger partial charge in [0.15, 0.2) is 0 Å². The van der Waals surface area contributed by atoms with Crippen molar-refractivity contribution in [3.05, 3.63) is 72.6 Å². The molecule has 11 heteroatoms. The van der Waals surface area contributed by atoms with E-state index in [1.165, 1.54) is 18.2 Å².